The van der Waals surface area contributed by atoms with Crippen molar-refractivity contribution in [3.05, 3.63) is 28.0 Å². The smallest absolute Gasteiger partial charge is 0.328 e. The lowest BCUT2D eigenvalue weighted by Crippen LogP contribution is -2.30. The third-order valence-electron chi connectivity index (χ3n) is 3.23. The van der Waals surface area contributed by atoms with Gasteiger partial charge in [0.1, 0.15) is 0 Å². The molecule has 0 saturated heterocycles. The summed E-state index contributed by atoms with van der Waals surface area (Å²) in [7, 11) is 1.74. The fourth-order valence-corrected chi connectivity index (χ4v) is 2.54. The Morgan fingerprint density at radius 1 is 1.52 bits per heavy atom. The first kappa shape index (κ1) is 15.7. The number of carboxylic acid groups (broad SMARTS) is 1. The van der Waals surface area contributed by atoms with E-state index in [0.717, 1.165) is 23.5 Å². The van der Waals surface area contributed by atoms with Gasteiger partial charge in [-0.25, -0.2) is 4.79 Å². The Morgan fingerprint density at radius 2 is 2.29 bits per heavy atom. The molecule has 1 N–H and O–H groups in total. The molecule has 1 aromatic rings. The maximum Gasteiger partial charge on any atom is 0.328 e. The number of carbonyl (C=O) groups is 2. The highest BCUT2D eigenvalue weighted by molar-refractivity contribution is 7.11. The highest BCUT2D eigenvalue weighted by Gasteiger charge is 2.21. The molecule has 2 rings (SSSR count). The third-order valence-corrected chi connectivity index (χ3v) is 4.12. The van der Waals surface area contributed by atoms with E-state index in [1.165, 1.54) is 30.3 Å². The lowest BCUT2D eigenvalue weighted by Gasteiger charge is -2.16. The fourth-order valence-electron chi connectivity index (χ4n) is 1.76. The summed E-state index contributed by atoms with van der Waals surface area (Å²) in [6, 6.07) is 1.70. The normalized spacial score (nSPS) is 14.5. The van der Waals surface area contributed by atoms with Crippen LogP contribution in [-0.4, -0.2) is 48.7 Å². The molecule has 0 unspecified atom stereocenters. The van der Waals surface area contributed by atoms with Crippen molar-refractivity contribution in [2.45, 2.75) is 12.8 Å². The Balaban J connectivity index is 1.79. The van der Waals surface area contributed by atoms with Crippen LogP contribution in [0, 0.1) is 5.92 Å². The Morgan fingerprint density at radius 3 is 2.95 bits per heavy atom. The third kappa shape index (κ3) is 5.32. The summed E-state index contributed by atoms with van der Waals surface area (Å²) < 4.78 is 5.52. The van der Waals surface area contributed by atoms with Crippen molar-refractivity contribution in [1.82, 2.24) is 4.90 Å². The number of ether oxygens (including phenoxy) is 1. The van der Waals surface area contributed by atoms with Crippen LogP contribution in [0.4, 0.5) is 0 Å². The zero-order valence-corrected chi connectivity index (χ0v) is 12.8. The summed E-state index contributed by atoms with van der Waals surface area (Å²) in [6.45, 7) is 1.90. The largest absolute Gasteiger partial charge is 0.478 e. The summed E-state index contributed by atoms with van der Waals surface area (Å²) in [4.78, 5) is 25.0. The van der Waals surface area contributed by atoms with Crippen molar-refractivity contribution in [3.63, 3.8) is 0 Å². The van der Waals surface area contributed by atoms with Crippen LogP contribution in [0.2, 0.25) is 0 Å². The standard InChI is InChI=1S/C15H19NO4S/c1-16(6-7-20-9-11-2-3-11)15(19)12-8-13(21-10-12)4-5-14(17)18/h4-5,8,10-11H,2-3,6-7,9H2,1H3,(H,17,18)/b5-4+. The molecule has 0 radical (unpaired) electrons. The van der Waals surface area contributed by atoms with Crippen molar-refractivity contribution in [3.8, 4) is 0 Å². The van der Waals surface area contributed by atoms with Crippen LogP contribution >= 0.6 is 11.3 Å². The average Bonchev–Trinajstić information content (AvgIpc) is 3.16. The molecule has 1 aliphatic rings. The Labute approximate surface area is 127 Å². The Hall–Kier alpha value is -1.66. The lowest BCUT2D eigenvalue weighted by molar-refractivity contribution is -0.131. The van der Waals surface area contributed by atoms with Crippen molar-refractivity contribution in [1.29, 1.82) is 0 Å². The van der Waals surface area contributed by atoms with Gasteiger partial charge in [0.15, 0.2) is 0 Å². The quantitative estimate of drug-likeness (QED) is 0.591. The number of hydrogen-bond acceptors (Lipinski definition) is 4. The molecule has 1 fully saturated rings. The van der Waals surface area contributed by atoms with Crippen LogP contribution in [-0.2, 0) is 9.53 Å². The molecule has 0 aliphatic heterocycles. The number of carbonyl (C=O) groups excluding carboxylic acids is 1. The predicted molar refractivity (Wildman–Crippen MR) is 81.5 cm³/mol. The SMILES string of the molecule is CN(CCOCC1CC1)C(=O)c1csc(/C=C/C(=O)O)c1. The number of amides is 1. The number of rotatable bonds is 8. The summed E-state index contributed by atoms with van der Waals surface area (Å²) >= 11 is 1.35. The number of likely N-dealkylation sites (N-methyl/N-ethyl adjacent to an activating group) is 1. The maximum absolute atomic E-state index is 12.2. The van der Waals surface area contributed by atoms with Crippen molar-refractivity contribution < 1.29 is 19.4 Å². The van der Waals surface area contributed by atoms with Crippen LogP contribution in [0.5, 0.6) is 0 Å². The molecule has 0 aromatic carbocycles. The van der Waals surface area contributed by atoms with Crippen LogP contribution in [0.25, 0.3) is 6.08 Å². The first-order valence-corrected chi connectivity index (χ1v) is 7.77. The molecule has 1 amide bonds. The minimum Gasteiger partial charge on any atom is -0.478 e. The first-order chi connectivity index (χ1) is 10.1. The lowest BCUT2D eigenvalue weighted by atomic mass is 10.2. The summed E-state index contributed by atoms with van der Waals surface area (Å²) in [5, 5.41) is 10.3. The van der Waals surface area contributed by atoms with Gasteiger partial charge in [-0.3, -0.25) is 4.79 Å². The van der Waals surface area contributed by atoms with Crippen LogP contribution in [0.3, 0.4) is 0 Å². The second-order valence-electron chi connectivity index (χ2n) is 5.15. The molecule has 6 heteroatoms. The van der Waals surface area contributed by atoms with E-state index in [4.69, 9.17) is 9.84 Å². The highest BCUT2D eigenvalue weighted by Crippen LogP contribution is 2.28. The van der Waals surface area contributed by atoms with E-state index in [1.807, 2.05) is 0 Å². The number of thiophene rings is 1. The monoisotopic (exact) mass is 309 g/mol. The molecule has 1 aliphatic carbocycles. The minimum atomic E-state index is -0.999. The van der Waals surface area contributed by atoms with Gasteiger partial charge >= 0.3 is 5.97 Å². The van der Waals surface area contributed by atoms with Gasteiger partial charge in [-0.15, -0.1) is 11.3 Å². The van der Waals surface area contributed by atoms with E-state index in [-0.39, 0.29) is 5.91 Å². The minimum absolute atomic E-state index is 0.0729. The topological polar surface area (TPSA) is 66.8 Å². The summed E-state index contributed by atoms with van der Waals surface area (Å²) in [5.41, 5.74) is 0.578. The van der Waals surface area contributed by atoms with Gasteiger partial charge in [-0.1, -0.05) is 0 Å². The molecule has 1 saturated carbocycles. The van der Waals surface area contributed by atoms with E-state index in [2.05, 4.69) is 0 Å². The second-order valence-corrected chi connectivity index (χ2v) is 6.10. The van der Waals surface area contributed by atoms with Gasteiger partial charge in [0.05, 0.1) is 12.2 Å². The zero-order valence-electron chi connectivity index (χ0n) is 11.9. The van der Waals surface area contributed by atoms with Crippen molar-refractivity contribution in [2.24, 2.45) is 5.92 Å². The number of hydrogen-bond donors (Lipinski definition) is 1. The molecule has 0 spiro atoms. The number of nitrogens with zero attached hydrogens (tertiary/aromatic N) is 1. The molecular formula is C15H19NO4S. The fraction of sp³-hybridized carbons (Fsp3) is 0.467. The second kappa shape index (κ2) is 7.38. The predicted octanol–water partition coefficient (Wildman–Crippen LogP) is 2.34. The van der Waals surface area contributed by atoms with Gasteiger partial charge in [-0.05, 0) is 30.9 Å². The van der Waals surface area contributed by atoms with Gasteiger partial charge < -0.3 is 14.7 Å². The summed E-state index contributed by atoms with van der Waals surface area (Å²) in [6.07, 6.45) is 5.07. The van der Waals surface area contributed by atoms with E-state index in [9.17, 15) is 9.59 Å². The summed E-state index contributed by atoms with van der Waals surface area (Å²) in [5.74, 6) is -0.344. The van der Waals surface area contributed by atoms with Gasteiger partial charge in [0, 0.05) is 36.5 Å². The van der Waals surface area contributed by atoms with E-state index < -0.39 is 5.97 Å². The highest BCUT2D eigenvalue weighted by atomic mass is 32.1. The van der Waals surface area contributed by atoms with Gasteiger partial charge in [0.2, 0.25) is 0 Å². The van der Waals surface area contributed by atoms with Gasteiger partial charge in [-0.2, -0.15) is 0 Å². The van der Waals surface area contributed by atoms with Crippen LogP contribution in [0.15, 0.2) is 17.5 Å². The molecule has 5 nitrogen and oxygen atoms in total. The Bertz CT molecular complexity index is 534. The average molecular weight is 309 g/mol. The van der Waals surface area contributed by atoms with Crippen molar-refractivity contribution >= 4 is 29.3 Å². The first-order valence-electron chi connectivity index (χ1n) is 6.89. The molecule has 1 aromatic heterocycles. The molecular weight excluding hydrogens is 290 g/mol. The molecule has 1 heterocycles. The van der Waals surface area contributed by atoms with E-state index >= 15 is 0 Å². The van der Waals surface area contributed by atoms with E-state index in [0.29, 0.717) is 18.7 Å². The van der Waals surface area contributed by atoms with Crippen LogP contribution in [0.1, 0.15) is 28.1 Å². The number of aliphatic carboxylic acids is 1. The molecule has 0 bridgehead atoms. The maximum atomic E-state index is 12.2. The Kier molecular flexibility index (Phi) is 5.52. The zero-order chi connectivity index (χ0) is 15.2. The molecule has 0 atom stereocenters. The van der Waals surface area contributed by atoms with E-state index in [1.54, 1.807) is 23.4 Å². The molecule has 21 heavy (non-hydrogen) atoms. The van der Waals surface area contributed by atoms with Crippen molar-refractivity contribution in [2.75, 3.05) is 26.8 Å². The molecule has 114 valence electrons. The number of carboxylic acids is 1. The van der Waals surface area contributed by atoms with Gasteiger partial charge in [0.25, 0.3) is 5.91 Å². The van der Waals surface area contributed by atoms with Crippen LogP contribution < -0.4 is 0 Å².